The molecular formula is C25H26F3NO4. The average Bonchev–Trinajstić information content (AvgIpc) is 2.74. The number of carbonyl (C=O) groups is 1. The van der Waals surface area contributed by atoms with E-state index in [1.54, 1.807) is 0 Å². The van der Waals surface area contributed by atoms with Crippen LogP contribution in [0.1, 0.15) is 35.6 Å². The van der Waals surface area contributed by atoms with Gasteiger partial charge in [0.15, 0.2) is 0 Å². The number of carboxylic acids is 1. The van der Waals surface area contributed by atoms with E-state index in [9.17, 15) is 18.0 Å². The van der Waals surface area contributed by atoms with E-state index in [0.717, 1.165) is 37.1 Å². The molecule has 8 heteroatoms. The van der Waals surface area contributed by atoms with Gasteiger partial charge in [-0.2, -0.15) is 13.2 Å². The van der Waals surface area contributed by atoms with Gasteiger partial charge in [0.05, 0.1) is 18.6 Å². The number of fused-ring (bicyclic) bond motifs is 1. The number of nitrogens with zero attached hydrogens (tertiary/aromatic N) is 1. The molecule has 4 rings (SSSR count). The lowest BCUT2D eigenvalue weighted by atomic mass is 9.85. The van der Waals surface area contributed by atoms with Crippen molar-refractivity contribution in [1.82, 2.24) is 4.90 Å². The maximum Gasteiger partial charge on any atom is 0.416 e. The van der Waals surface area contributed by atoms with Gasteiger partial charge in [0, 0.05) is 25.2 Å². The van der Waals surface area contributed by atoms with Gasteiger partial charge in [-0.15, -0.1) is 0 Å². The average molecular weight is 461 g/mol. The van der Waals surface area contributed by atoms with Crippen LogP contribution in [-0.4, -0.2) is 42.7 Å². The number of ether oxygens (including phenoxy) is 2. The Labute approximate surface area is 190 Å². The van der Waals surface area contributed by atoms with Crippen LogP contribution >= 0.6 is 0 Å². The van der Waals surface area contributed by atoms with E-state index < -0.39 is 17.7 Å². The van der Waals surface area contributed by atoms with E-state index in [4.69, 9.17) is 14.6 Å². The molecule has 1 heterocycles. The summed E-state index contributed by atoms with van der Waals surface area (Å²) in [6.07, 6.45) is -2.66. The predicted octanol–water partition coefficient (Wildman–Crippen LogP) is 5.03. The smallest absolute Gasteiger partial charge is 0.416 e. The van der Waals surface area contributed by atoms with Crippen LogP contribution in [0.25, 0.3) is 5.57 Å². The molecular weight excluding hydrogens is 435 g/mol. The van der Waals surface area contributed by atoms with E-state index in [2.05, 4.69) is 11.8 Å². The molecule has 1 saturated heterocycles. The van der Waals surface area contributed by atoms with Crippen LogP contribution < -0.4 is 9.47 Å². The summed E-state index contributed by atoms with van der Waals surface area (Å²) in [4.78, 5) is 13.2. The fourth-order valence-corrected chi connectivity index (χ4v) is 4.42. The van der Waals surface area contributed by atoms with Gasteiger partial charge < -0.3 is 14.6 Å². The molecule has 0 spiro atoms. The van der Waals surface area contributed by atoms with Crippen molar-refractivity contribution in [2.45, 2.75) is 32.5 Å². The number of hydrogen-bond donors (Lipinski definition) is 1. The van der Waals surface area contributed by atoms with E-state index in [0.29, 0.717) is 24.4 Å². The van der Waals surface area contributed by atoms with Crippen molar-refractivity contribution in [2.75, 3.05) is 26.7 Å². The maximum atomic E-state index is 12.9. The lowest BCUT2D eigenvalue weighted by Gasteiger charge is -2.38. The Kier molecular flexibility index (Phi) is 6.38. The first-order chi connectivity index (χ1) is 15.7. The van der Waals surface area contributed by atoms with Crippen LogP contribution in [-0.2, 0) is 24.0 Å². The molecule has 0 radical (unpaired) electrons. The van der Waals surface area contributed by atoms with Crippen molar-refractivity contribution in [3.05, 3.63) is 64.2 Å². The molecule has 1 aliphatic carbocycles. The van der Waals surface area contributed by atoms with Crippen LogP contribution in [0.3, 0.4) is 0 Å². The van der Waals surface area contributed by atoms with Gasteiger partial charge in [0.2, 0.25) is 0 Å². The first kappa shape index (κ1) is 23.2. The van der Waals surface area contributed by atoms with Gasteiger partial charge in [-0.1, -0.05) is 17.7 Å². The first-order valence-electron chi connectivity index (χ1n) is 10.8. The molecule has 1 fully saturated rings. The maximum absolute atomic E-state index is 12.9. The minimum Gasteiger partial charge on any atom is -0.496 e. The number of halogens is 3. The highest BCUT2D eigenvalue weighted by atomic mass is 19.4. The number of methoxy groups -OCH3 is 1. The Bertz CT molecular complexity index is 1090. The summed E-state index contributed by atoms with van der Waals surface area (Å²) in [5, 5.41) is 9.05. The van der Waals surface area contributed by atoms with E-state index in [-0.39, 0.29) is 18.3 Å². The van der Waals surface area contributed by atoms with Crippen LogP contribution in [0.2, 0.25) is 0 Å². The monoisotopic (exact) mass is 461 g/mol. The molecule has 0 saturated carbocycles. The second kappa shape index (κ2) is 9.09. The number of alkyl halides is 3. The normalized spacial score (nSPS) is 16.9. The number of likely N-dealkylation sites (tertiary alicyclic amines) is 1. The molecule has 5 nitrogen and oxygen atoms in total. The molecule has 0 atom stereocenters. The van der Waals surface area contributed by atoms with Crippen molar-refractivity contribution in [3.63, 3.8) is 0 Å². The van der Waals surface area contributed by atoms with Gasteiger partial charge in [0.25, 0.3) is 0 Å². The zero-order valence-corrected chi connectivity index (χ0v) is 18.5. The Morgan fingerprint density at radius 3 is 2.58 bits per heavy atom. The largest absolute Gasteiger partial charge is 0.496 e. The Hall–Kier alpha value is -3.00. The van der Waals surface area contributed by atoms with Gasteiger partial charge >= 0.3 is 12.1 Å². The van der Waals surface area contributed by atoms with Gasteiger partial charge in [-0.05, 0) is 60.7 Å². The molecule has 0 unspecified atom stereocenters. The Morgan fingerprint density at radius 2 is 1.91 bits per heavy atom. The molecule has 0 aromatic heterocycles. The van der Waals surface area contributed by atoms with Gasteiger partial charge in [0.1, 0.15) is 18.1 Å². The quantitative estimate of drug-likeness (QED) is 0.627. The Balaban J connectivity index is 1.42. The number of aliphatic carboxylic acids is 1. The number of aryl methyl sites for hydroxylation is 1. The Morgan fingerprint density at radius 1 is 1.15 bits per heavy atom. The fourth-order valence-electron chi connectivity index (χ4n) is 4.42. The third kappa shape index (κ3) is 5.00. The molecule has 2 aliphatic rings. The number of carboxylic acid groups (broad SMARTS) is 1. The van der Waals surface area contributed by atoms with Crippen molar-refractivity contribution >= 4 is 11.5 Å². The topological polar surface area (TPSA) is 59.0 Å². The summed E-state index contributed by atoms with van der Waals surface area (Å²) in [7, 11) is 1.34. The lowest BCUT2D eigenvalue weighted by molar-refractivity contribution is -0.147. The fraction of sp³-hybridized carbons (Fsp3) is 0.400. The molecule has 176 valence electrons. The summed E-state index contributed by atoms with van der Waals surface area (Å²) in [5.74, 6) is -0.196. The SMILES string of the molecule is COc1cc(C(F)(F)F)ccc1COc1ccc2c(c1)CCC(CN1CC(C(=O)O)C1)=C2C. The summed E-state index contributed by atoms with van der Waals surface area (Å²) in [5.41, 5.74) is 4.65. The molecule has 2 aromatic carbocycles. The highest BCUT2D eigenvalue weighted by Gasteiger charge is 2.33. The second-order valence-electron chi connectivity index (χ2n) is 8.59. The molecule has 1 N–H and O–H groups in total. The van der Waals surface area contributed by atoms with Gasteiger partial charge in [-0.25, -0.2) is 0 Å². The van der Waals surface area contributed by atoms with E-state index in [1.165, 1.54) is 29.9 Å². The summed E-state index contributed by atoms with van der Waals surface area (Å²) in [6.45, 7) is 4.18. The van der Waals surface area contributed by atoms with Gasteiger partial charge in [-0.3, -0.25) is 9.69 Å². The highest BCUT2D eigenvalue weighted by Crippen LogP contribution is 2.36. The van der Waals surface area contributed by atoms with Crippen LogP contribution in [0.4, 0.5) is 13.2 Å². The van der Waals surface area contributed by atoms with Crippen molar-refractivity contribution in [1.29, 1.82) is 0 Å². The summed E-state index contributed by atoms with van der Waals surface area (Å²) in [6, 6.07) is 9.25. The number of rotatable bonds is 7. The minimum absolute atomic E-state index is 0.0971. The standard InChI is InChI=1S/C25H26F3NO4/c1-15-17(11-29-12-19(13-29)24(30)31)4-3-16-9-21(7-8-22(15)16)33-14-18-5-6-20(25(26,27)28)10-23(18)32-2/h5-10,19H,3-4,11-14H2,1-2H3,(H,30,31). The molecule has 33 heavy (non-hydrogen) atoms. The zero-order chi connectivity index (χ0) is 23.8. The number of benzene rings is 2. The van der Waals surface area contributed by atoms with Crippen LogP contribution in [0, 0.1) is 5.92 Å². The van der Waals surface area contributed by atoms with Crippen LogP contribution in [0.15, 0.2) is 42.0 Å². The zero-order valence-electron chi connectivity index (χ0n) is 18.5. The van der Waals surface area contributed by atoms with Crippen LogP contribution in [0.5, 0.6) is 11.5 Å². The molecule has 2 aromatic rings. The third-order valence-electron chi connectivity index (χ3n) is 6.44. The summed E-state index contributed by atoms with van der Waals surface area (Å²) < 4.78 is 49.8. The van der Waals surface area contributed by atoms with Crippen molar-refractivity contribution < 1.29 is 32.5 Å². The lowest BCUT2D eigenvalue weighted by Crippen LogP contribution is -2.50. The molecule has 0 bridgehead atoms. The first-order valence-corrected chi connectivity index (χ1v) is 10.8. The number of allylic oxidation sites excluding steroid dienone is 1. The molecule has 0 amide bonds. The third-order valence-corrected chi connectivity index (χ3v) is 6.44. The highest BCUT2D eigenvalue weighted by molar-refractivity contribution is 5.73. The van der Waals surface area contributed by atoms with E-state index in [1.807, 2.05) is 18.2 Å². The second-order valence-corrected chi connectivity index (χ2v) is 8.59. The number of hydrogen-bond acceptors (Lipinski definition) is 4. The van der Waals surface area contributed by atoms with E-state index >= 15 is 0 Å². The summed E-state index contributed by atoms with van der Waals surface area (Å²) >= 11 is 0. The predicted molar refractivity (Wildman–Crippen MR) is 117 cm³/mol. The molecule has 1 aliphatic heterocycles. The minimum atomic E-state index is -4.43. The van der Waals surface area contributed by atoms with Crippen molar-refractivity contribution in [2.24, 2.45) is 5.92 Å². The van der Waals surface area contributed by atoms with Crippen molar-refractivity contribution in [3.8, 4) is 11.5 Å².